The van der Waals surface area contributed by atoms with E-state index in [-0.39, 0.29) is 12.5 Å². The third-order valence-electron chi connectivity index (χ3n) is 2.65. The summed E-state index contributed by atoms with van der Waals surface area (Å²) in [6.45, 7) is 3.72. The van der Waals surface area contributed by atoms with Crippen LogP contribution < -0.4 is 11.1 Å². The van der Waals surface area contributed by atoms with Gasteiger partial charge in [-0.2, -0.15) is 0 Å². The molecule has 1 unspecified atom stereocenters. The fraction of sp³-hybridized carbons (Fsp3) is 0.417. The van der Waals surface area contributed by atoms with Gasteiger partial charge in [0.2, 0.25) is 0 Å². The van der Waals surface area contributed by atoms with Gasteiger partial charge in [0.05, 0.1) is 16.3 Å². The molecule has 0 spiro atoms. The van der Waals surface area contributed by atoms with Gasteiger partial charge >= 0.3 is 0 Å². The number of carbonyl (C=O) groups excluding carboxylic acids is 1. The van der Waals surface area contributed by atoms with Gasteiger partial charge < -0.3 is 16.2 Å². The summed E-state index contributed by atoms with van der Waals surface area (Å²) >= 11 is 5.76. The number of carbonyl (C=O) groups is 1. The van der Waals surface area contributed by atoms with Gasteiger partial charge in [-0.3, -0.25) is 4.79 Å². The molecule has 1 rings (SSSR count). The molecule has 5 heteroatoms. The number of halogens is 1. The van der Waals surface area contributed by atoms with E-state index in [1.165, 1.54) is 6.07 Å². The zero-order valence-electron chi connectivity index (χ0n) is 9.96. The maximum atomic E-state index is 11.7. The number of hydrogen-bond acceptors (Lipinski definition) is 3. The van der Waals surface area contributed by atoms with Crippen molar-refractivity contribution in [2.75, 3.05) is 12.3 Å². The van der Waals surface area contributed by atoms with Crippen LogP contribution in [-0.4, -0.2) is 23.2 Å². The standard InChI is InChI=1S/C12H17ClN2O2/c1-3-12(2,17)7-15-11(16)8-4-5-9(13)10(14)6-8/h4-6,17H,3,7,14H2,1-2H3,(H,15,16). The molecule has 0 aliphatic heterocycles. The van der Waals surface area contributed by atoms with Crippen molar-refractivity contribution in [2.24, 2.45) is 0 Å². The average molecular weight is 257 g/mol. The molecule has 1 aromatic carbocycles. The van der Waals surface area contributed by atoms with Crippen LogP contribution >= 0.6 is 11.6 Å². The highest BCUT2D eigenvalue weighted by Crippen LogP contribution is 2.19. The zero-order chi connectivity index (χ0) is 13.1. The lowest BCUT2D eigenvalue weighted by Gasteiger charge is -2.21. The molecule has 0 saturated heterocycles. The van der Waals surface area contributed by atoms with Crippen LogP contribution in [0.1, 0.15) is 30.6 Å². The maximum Gasteiger partial charge on any atom is 0.251 e. The third kappa shape index (κ3) is 3.91. The van der Waals surface area contributed by atoms with Crippen LogP contribution in [0.15, 0.2) is 18.2 Å². The van der Waals surface area contributed by atoms with Gasteiger partial charge in [-0.05, 0) is 31.5 Å². The first-order valence-corrected chi connectivity index (χ1v) is 5.79. The van der Waals surface area contributed by atoms with E-state index in [4.69, 9.17) is 17.3 Å². The Morgan fingerprint density at radius 3 is 2.76 bits per heavy atom. The summed E-state index contributed by atoms with van der Waals surface area (Å²) < 4.78 is 0. The first-order chi connectivity index (χ1) is 7.85. The predicted octanol–water partition coefficient (Wildman–Crippen LogP) is 1.81. The van der Waals surface area contributed by atoms with Crippen LogP contribution in [0.4, 0.5) is 5.69 Å². The number of benzene rings is 1. The van der Waals surface area contributed by atoms with Gasteiger partial charge in [0.1, 0.15) is 0 Å². The summed E-state index contributed by atoms with van der Waals surface area (Å²) in [4.78, 5) is 11.7. The molecule has 0 fully saturated rings. The van der Waals surface area contributed by atoms with Crippen molar-refractivity contribution in [1.82, 2.24) is 5.32 Å². The van der Waals surface area contributed by atoms with Crippen LogP contribution in [0.5, 0.6) is 0 Å². The molecular formula is C12H17ClN2O2. The van der Waals surface area contributed by atoms with Crippen molar-refractivity contribution in [3.63, 3.8) is 0 Å². The third-order valence-corrected chi connectivity index (χ3v) is 2.99. The lowest BCUT2D eigenvalue weighted by atomic mass is 10.0. The molecule has 0 heterocycles. The van der Waals surface area contributed by atoms with E-state index in [1.807, 2.05) is 6.92 Å². The average Bonchev–Trinajstić information content (AvgIpc) is 2.30. The molecule has 1 amide bonds. The largest absolute Gasteiger partial charge is 0.398 e. The van der Waals surface area contributed by atoms with E-state index in [9.17, 15) is 9.90 Å². The summed E-state index contributed by atoms with van der Waals surface area (Å²) in [5.74, 6) is -0.276. The van der Waals surface area contributed by atoms with E-state index in [1.54, 1.807) is 19.1 Å². The number of anilines is 1. The van der Waals surface area contributed by atoms with Crippen molar-refractivity contribution in [2.45, 2.75) is 25.9 Å². The molecule has 0 aliphatic carbocycles. The molecule has 4 nitrogen and oxygen atoms in total. The Labute approximate surface area is 106 Å². The fourth-order valence-corrected chi connectivity index (χ4v) is 1.30. The Morgan fingerprint density at radius 2 is 2.24 bits per heavy atom. The quantitative estimate of drug-likeness (QED) is 0.720. The van der Waals surface area contributed by atoms with E-state index < -0.39 is 5.60 Å². The molecule has 4 N–H and O–H groups in total. The molecular weight excluding hydrogens is 240 g/mol. The lowest BCUT2D eigenvalue weighted by Crippen LogP contribution is -2.40. The minimum Gasteiger partial charge on any atom is -0.398 e. The Balaban J connectivity index is 2.68. The number of hydrogen-bond donors (Lipinski definition) is 3. The van der Waals surface area contributed by atoms with Gasteiger partial charge in [-0.25, -0.2) is 0 Å². The summed E-state index contributed by atoms with van der Waals surface area (Å²) in [7, 11) is 0. The number of nitrogens with one attached hydrogen (secondary N) is 1. The minimum atomic E-state index is -0.895. The molecule has 94 valence electrons. The summed E-state index contributed by atoms with van der Waals surface area (Å²) in [6.07, 6.45) is 0.566. The van der Waals surface area contributed by atoms with Crippen molar-refractivity contribution in [3.8, 4) is 0 Å². The predicted molar refractivity (Wildman–Crippen MR) is 69.1 cm³/mol. The van der Waals surface area contributed by atoms with E-state index >= 15 is 0 Å². The van der Waals surface area contributed by atoms with Crippen LogP contribution in [0.3, 0.4) is 0 Å². The van der Waals surface area contributed by atoms with Gasteiger partial charge in [-0.1, -0.05) is 18.5 Å². The van der Waals surface area contributed by atoms with E-state index in [2.05, 4.69) is 5.32 Å². The number of nitrogen functional groups attached to an aromatic ring is 1. The molecule has 1 aromatic rings. The highest BCUT2D eigenvalue weighted by molar-refractivity contribution is 6.33. The first-order valence-electron chi connectivity index (χ1n) is 5.41. The Hall–Kier alpha value is -1.26. The summed E-state index contributed by atoms with van der Waals surface area (Å²) in [5.41, 5.74) is 5.50. The minimum absolute atomic E-state index is 0.199. The fourth-order valence-electron chi connectivity index (χ4n) is 1.18. The topological polar surface area (TPSA) is 75.3 Å². The second-order valence-electron chi connectivity index (χ2n) is 4.27. The van der Waals surface area contributed by atoms with Crippen LogP contribution in [0, 0.1) is 0 Å². The van der Waals surface area contributed by atoms with Crippen LogP contribution in [0.2, 0.25) is 5.02 Å². The number of nitrogens with two attached hydrogens (primary N) is 1. The van der Waals surface area contributed by atoms with Gasteiger partial charge in [-0.15, -0.1) is 0 Å². The van der Waals surface area contributed by atoms with Gasteiger partial charge in [0.25, 0.3) is 5.91 Å². The molecule has 0 aromatic heterocycles. The van der Waals surface area contributed by atoms with Gasteiger partial charge in [0.15, 0.2) is 0 Å². The second-order valence-corrected chi connectivity index (χ2v) is 4.68. The van der Waals surface area contributed by atoms with Crippen molar-refractivity contribution in [3.05, 3.63) is 28.8 Å². The number of aliphatic hydroxyl groups is 1. The second kappa shape index (κ2) is 5.38. The number of amides is 1. The normalized spacial score (nSPS) is 14.1. The van der Waals surface area contributed by atoms with E-state index in [0.717, 1.165) is 0 Å². The van der Waals surface area contributed by atoms with Crippen molar-refractivity contribution < 1.29 is 9.90 Å². The first kappa shape index (κ1) is 13.8. The maximum absolute atomic E-state index is 11.7. The highest BCUT2D eigenvalue weighted by atomic mass is 35.5. The zero-order valence-corrected chi connectivity index (χ0v) is 10.7. The summed E-state index contributed by atoms with van der Waals surface area (Å²) in [6, 6.07) is 4.68. The van der Waals surface area contributed by atoms with Gasteiger partial charge in [0, 0.05) is 12.1 Å². The summed E-state index contributed by atoms with van der Waals surface area (Å²) in [5, 5.41) is 12.8. The highest BCUT2D eigenvalue weighted by Gasteiger charge is 2.18. The Bertz CT molecular complexity index is 419. The smallest absolute Gasteiger partial charge is 0.251 e. The van der Waals surface area contributed by atoms with E-state index in [0.29, 0.717) is 22.7 Å². The molecule has 0 saturated carbocycles. The van der Waals surface area contributed by atoms with Crippen LogP contribution in [-0.2, 0) is 0 Å². The molecule has 0 radical (unpaired) electrons. The van der Waals surface area contributed by atoms with Crippen LogP contribution in [0.25, 0.3) is 0 Å². The van der Waals surface area contributed by atoms with Crippen molar-refractivity contribution in [1.29, 1.82) is 0 Å². The monoisotopic (exact) mass is 256 g/mol. The molecule has 0 bridgehead atoms. The lowest BCUT2D eigenvalue weighted by molar-refractivity contribution is 0.0518. The molecule has 1 atom stereocenters. The molecule has 0 aliphatic rings. The van der Waals surface area contributed by atoms with Crippen molar-refractivity contribution >= 4 is 23.2 Å². The molecule has 17 heavy (non-hydrogen) atoms. The Morgan fingerprint density at radius 1 is 1.59 bits per heavy atom. The number of rotatable bonds is 4. The SMILES string of the molecule is CCC(C)(O)CNC(=O)c1ccc(Cl)c(N)c1. The Kier molecular flexibility index (Phi) is 4.37.